The lowest BCUT2D eigenvalue weighted by Gasteiger charge is -2.29. The van der Waals surface area contributed by atoms with Gasteiger partial charge >= 0.3 is 5.97 Å². The topological polar surface area (TPSA) is 68.6 Å². The molecule has 1 aliphatic rings. The van der Waals surface area contributed by atoms with E-state index in [1.165, 1.54) is 11.5 Å². The van der Waals surface area contributed by atoms with E-state index in [0.29, 0.717) is 13.1 Å². The summed E-state index contributed by atoms with van der Waals surface area (Å²) in [6, 6.07) is 9.50. The number of para-hydroxylation sites is 1. The second-order valence-corrected chi connectivity index (χ2v) is 6.07. The van der Waals surface area contributed by atoms with Gasteiger partial charge in [0.05, 0.1) is 5.52 Å². The van der Waals surface area contributed by atoms with Crippen LogP contribution in [0, 0.1) is 0 Å². The molecule has 24 heavy (non-hydrogen) atoms. The molecule has 1 saturated heterocycles. The van der Waals surface area contributed by atoms with Crippen molar-refractivity contribution in [1.29, 1.82) is 0 Å². The zero-order chi connectivity index (χ0) is 17.1. The molecule has 0 unspecified atom stereocenters. The average Bonchev–Trinajstić information content (AvgIpc) is 2.60. The fourth-order valence-electron chi connectivity index (χ4n) is 3.24. The largest absolute Gasteiger partial charge is 0.444 e. The molecule has 0 spiro atoms. The number of amides is 1. The van der Waals surface area contributed by atoms with Crippen LogP contribution < -0.4 is 5.56 Å². The Hall–Kier alpha value is -2.63. The minimum atomic E-state index is -0.421. The molecule has 3 rings (SSSR count). The van der Waals surface area contributed by atoms with Crippen LogP contribution in [0.15, 0.2) is 35.1 Å². The van der Waals surface area contributed by atoms with E-state index in [1.54, 1.807) is 4.90 Å². The number of aromatic nitrogens is 1. The molecule has 126 valence electrons. The van der Waals surface area contributed by atoms with Gasteiger partial charge in [-0.2, -0.15) is 0 Å². The van der Waals surface area contributed by atoms with E-state index in [0.717, 1.165) is 35.7 Å². The first kappa shape index (κ1) is 16.2. The average molecular weight is 328 g/mol. The predicted molar refractivity (Wildman–Crippen MR) is 89.6 cm³/mol. The number of esters is 1. The smallest absolute Gasteiger partial charge is 0.304 e. The first-order valence-electron chi connectivity index (χ1n) is 8.05. The van der Waals surface area contributed by atoms with E-state index in [9.17, 15) is 14.4 Å². The lowest BCUT2D eigenvalue weighted by atomic mass is 9.89. The molecule has 0 saturated carbocycles. The van der Waals surface area contributed by atoms with Gasteiger partial charge in [-0.15, -0.1) is 0 Å². The number of piperidine rings is 1. The zero-order valence-corrected chi connectivity index (χ0v) is 13.6. The van der Waals surface area contributed by atoms with Gasteiger partial charge in [-0.05, 0) is 36.3 Å². The molecule has 0 N–H and O–H groups in total. The van der Waals surface area contributed by atoms with Crippen LogP contribution in [0.4, 0.5) is 0 Å². The van der Waals surface area contributed by atoms with Crippen LogP contribution in [-0.2, 0) is 21.1 Å². The molecular weight excluding hydrogens is 308 g/mol. The monoisotopic (exact) mass is 328 g/mol. The summed E-state index contributed by atoms with van der Waals surface area (Å²) < 4.78 is 6.58. The van der Waals surface area contributed by atoms with Crippen molar-refractivity contribution >= 4 is 23.3 Å². The Morgan fingerprint density at radius 1 is 1.29 bits per heavy atom. The van der Waals surface area contributed by atoms with Crippen molar-refractivity contribution in [1.82, 2.24) is 9.47 Å². The molecule has 1 aromatic heterocycles. The normalized spacial score (nSPS) is 15.5. The highest BCUT2D eigenvalue weighted by atomic mass is 16.5. The molecule has 0 bridgehead atoms. The summed E-state index contributed by atoms with van der Waals surface area (Å²) in [6.45, 7) is 2.55. The first-order valence-corrected chi connectivity index (χ1v) is 8.05. The van der Waals surface area contributed by atoms with Gasteiger partial charge in [-0.3, -0.25) is 19.0 Å². The minimum Gasteiger partial charge on any atom is -0.444 e. The van der Waals surface area contributed by atoms with Crippen molar-refractivity contribution in [3.05, 3.63) is 46.2 Å². The summed E-state index contributed by atoms with van der Waals surface area (Å²) in [5, 5.41) is 0.942. The van der Waals surface area contributed by atoms with E-state index >= 15 is 0 Å². The third kappa shape index (κ3) is 3.18. The van der Waals surface area contributed by atoms with Crippen molar-refractivity contribution in [2.24, 2.45) is 0 Å². The fourth-order valence-corrected chi connectivity index (χ4v) is 3.24. The molecule has 0 atom stereocenters. The number of nitrogens with zero attached hydrogens (tertiary/aromatic N) is 2. The number of ether oxygens (including phenoxy) is 1. The minimum absolute atomic E-state index is 0.0876. The number of carbonyl (C=O) groups is 2. The van der Waals surface area contributed by atoms with E-state index in [2.05, 4.69) is 0 Å². The van der Waals surface area contributed by atoms with Gasteiger partial charge in [0.25, 0.3) is 5.56 Å². The van der Waals surface area contributed by atoms with Crippen molar-refractivity contribution in [2.75, 3.05) is 13.1 Å². The van der Waals surface area contributed by atoms with Crippen LogP contribution >= 0.6 is 0 Å². The SMILES string of the molecule is CC(=O)OCn1c(=O)c(C2CCN(C=O)CC2)cc2ccccc21. The standard InChI is InChI=1S/C18H20N2O4/c1-13(22)24-12-20-17-5-3-2-4-15(17)10-16(18(20)23)14-6-8-19(11-21)9-7-14/h2-5,10-11,14H,6-9,12H2,1H3. The molecule has 2 heterocycles. The van der Waals surface area contributed by atoms with E-state index in [-0.39, 0.29) is 18.2 Å². The highest BCUT2D eigenvalue weighted by Gasteiger charge is 2.23. The Labute approximate surface area is 139 Å². The van der Waals surface area contributed by atoms with Gasteiger partial charge in [0.2, 0.25) is 6.41 Å². The van der Waals surface area contributed by atoms with E-state index in [4.69, 9.17) is 4.74 Å². The predicted octanol–water partition coefficient (Wildman–Crippen LogP) is 1.86. The van der Waals surface area contributed by atoms with E-state index < -0.39 is 5.97 Å². The van der Waals surface area contributed by atoms with Gasteiger partial charge in [0, 0.05) is 25.6 Å². The van der Waals surface area contributed by atoms with Crippen LogP contribution in [0.1, 0.15) is 31.2 Å². The number of pyridine rings is 1. The molecule has 1 fully saturated rings. The van der Waals surface area contributed by atoms with Crippen LogP contribution in [0.3, 0.4) is 0 Å². The van der Waals surface area contributed by atoms with Crippen molar-refractivity contribution in [3.8, 4) is 0 Å². The highest BCUT2D eigenvalue weighted by Crippen LogP contribution is 2.27. The highest BCUT2D eigenvalue weighted by molar-refractivity contribution is 5.79. The zero-order valence-electron chi connectivity index (χ0n) is 13.6. The molecule has 1 amide bonds. The lowest BCUT2D eigenvalue weighted by Crippen LogP contribution is -2.35. The molecule has 6 heteroatoms. The summed E-state index contributed by atoms with van der Waals surface area (Å²) in [7, 11) is 0. The van der Waals surface area contributed by atoms with Crippen molar-refractivity contribution in [3.63, 3.8) is 0 Å². The van der Waals surface area contributed by atoms with Crippen LogP contribution in [0.5, 0.6) is 0 Å². The van der Waals surface area contributed by atoms with Crippen LogP contribution in [0.25, 0.3) is 10.9 Å². The number of fused-ring (bicyclic) bond motifs is 1. The van der Waals surface area contributed by atoms with Crippen LogP contribution in [-0.4, -0.2) is 34.9 Å². The molecule has 1 aliphatic heterocycles. The molecule has 6 nitrogen and oxygen atoms in total. The maximum absolute atomic E-state index is 12.9. The Kier molecular flexibility index (Phi) is 4.64. The summed E-state index contributed by atoms with van der Waals surface area (Å²) in [5.74, 6) is -0.308. The number of hydrogen-bond acceptors (Lipinski definition) is 4. The molecule has 0 radical (unpaired) electrons. The van der Waals surface area contributed by atoms with Gasteiger partial charge in [0.1, 0.15) is 0 Å². The van der Waals surface area contributed by atoms with Crippen molar-refractivity contribution in [2.45, 2.75) is 32.4 Å². The first-order chi connectivity index (χ1) is 11.6. The number of carbonyl (C=O) groups excluding carboxylic acids is 2. The Bertz CT molecular complexity index is 819. The fraction of sp³-hybridized carbons (Fsp3) is 0.389. The Morgan fingerprint density at radius 2 is 2.00 bits per heavy atom. The third-order valence-corrected chi connectivity index (χ3v) is 4.55. The third-order valence-electron chi connectivity index (χ3n) is 4.55. The van der Waals surface area contributed by atoms with Gasteiger partial charge in [-0.1, -0.05) is 18.2 Å². The molecular formula is C18H20N2O4. The number of hydrogen-bond donors (Lipinski definition) is 0. The second-order valence-electron chi connectivity index (χ2n) is 6.07. The Balaban J connectivity index is 2.02. The summed E-state index contributed by atoms with van der Waals surface area (Å²) in [4.78, 5) is 36.7. The molecule has 0 aliphatic carbocycles. The number of rotatable bonds is 4. The lowest BCUT2D eigenvalue weighted by molar-refractivity contribution is -0.144. The summed E-state index contributed by atoms with van der Waals surface area (Å²) in [5.41, 5.74) is 1.35. The number of benzene rings is 1. The van der Waals surface area contributed by atoms with Gasteiger partial charge in [-0.25, -0.2) is 0 Å². The van der Waals surface area contributed by atoms with Gasteiger partial charge in [0.15, 0.2) is 6.73 Å². The number of likely N-dealkylation sites (tertiary alicyclic amines) is 1. The maximum atomic E-state index is 12.9. The second kappa shape index (κ2) is 6.86. The summed E-state index contributed by atoms with van der Waals surface area (Å²) in [6.07, 6.45) is 2.38. The summed E-state index contributed by atoms with van der Waals surface area (Å²) >= 11 is 0. The molecule has 1 aromatic carbocycles. The molecule has 2 aromatic rings. The quantitative estimate of drug-likeness (QED) is 0.634. The maximum Gasteiger partial charge on any atom is 0.304 e. The van der Waals surface area contributed by atoms with E-state index in [1.807, 2.05) is 30.3 Å². The van der Waals surface area contributed by atoms with Crippen molar-refractivity contribution < 1.29 is 14.3 Å². The van der Waals surface area contributed by atoms with Crippen LogP contribution in [0.2, 0.25) is 0 Å². The van der Waals surface area contributed by atoms with Gasteiger partial charge < -0.3 is 9.64 Å². The Morgan fingerprint density at radius 3 is 2.67 bits per heavy atom.